The Labute approximate surface area is 154 Å². The number of anilines is 1. The molecule has 0 aliphatic heterocycles. The Balaban J connectivity index is 1.84. The lowest BCUT2D eigenvalue weighted by atomic mass is 10.1. The molecule has 26 heavy (non-hydrogen) atoms. The van der Waals surface area contributed by atoms with E-state index in [1.165, 1.54) is 0 Å². The molecule has 5 heteroatoms. The fourth-order valence-corrected chi connectivity index (χ4v) is 2.30. The predicted octanol–water partition coefficient (Wildman–Crippen LogP) is 4.09. The van der Waals surface area contributed by atoms with Crippen LogP contribution in [0.4, 0.5) is 10.5 Å². The lowest BCUT2D eigenvalue weighted by Crippen LogP contribution is -2.47. The second-order valence-corrected chi connectivity index (χ2v) is 6.13. The molecule has 2 N–H and O–H groups in total. The number of urea groups is 1. The van der Waals surface area contributed by atoms with Crippen molar-refractivity contribution in [1.82, 2.24) is 5.32 Å². The lowest BCUT2D eigenvalue weighted by Gasteiger charge is -2.20. The molecule has 2 rings (SSSR count). The fraction of sp³-hybridized carbons (Fsp3) is 0.238. The number of carbonyl (C=O) groups excluding carboxylic acids is 2. The van der Waals surface area contributed by atoms with Crippen molar-refractivity contribution in [3.8, 4) is 0 Å². The van der Waals surface area contributed by atoms with Gasteiger partial charge in [0.1, 0.15) is 12.6 Å². The normalized spacial score (nSPS) is 12.0. The summed E-state index contributed by atoms with van der Waals surface area (Å²) in [6, 6.07) is 17.6. The van der Waals surface area contributed by atoms with Crippen molar-refractivity contribution in [3.63, 3.8) is 0 Å². The van der Waals surface area contributed by atoms with E-state index in [0.29, 0.717) is 5.69 Å². The zero-order valence-electron chi connectivity index (χ0n) is 15.0. The highest BCUT2D eigenvalue weighted by atomic mass is 16.5. The first-order chi connectivity index (χ1) is 12.6. The van der Waals surface area contributed by atoms with Crippen LogP contribution in [-0.2, 0) is 9.53 Å². The van der Waals surface area contributed by atoms with Gasteiger partial charge in [0.15, 0.2) is 0 Å². The summed E-state index contributed by atoms with van der Waals surface area (Å²) in [5.74, 6) is -0.553. The molecule has 0 aliphatic rings. The van der Waals surface area contributed by atoms with Gasteiger partial charge in [0.2, 0.25) is 0 Å². The molecular formula is C21H24N2O3. The largest absolute Gasteiger partial charge is 0.460 e. The summed E-state index contributed by atoms with van der Waals surface area (Å²) >= 11 is 0. The number of para-hydroxylation sites is 1. The van der Waals surface area contributed by atoms with Gasteiger partial charge in [0.05, 0.1) is 0 Å². The van der Waals surface area contributed by atoms with Gasteiger partial charge in [-0.25, -0.2) is 9.59 Å². The third-order valence-electron chi connectivity index (χ3n) is 3.67. The van der Waals surface area contributed by atoms with Gasteiger partial charge in [0.25, 0.3) is 0 Å². The van der Waals surface area contributed by atoms with Gasteiger partial charge >= 0.3 is 12.0 Å². The monoisotopic (exact) mass is 352 g/mol. The molecule has 0 bridgehead atoms. The van der Waals surface area contributed by atoms with E-state index in [1.54, 1.807) is 18.2 Å². The smallest absolute Gasteiger partial charge is 0.329 e. The van der Waals surface area contributed by atoms with Crippen molar-refractivity contribution in [2.24, 2.45) is 5.92 Å². The van der Waals surface area contributed by atoms with Crippen molar-refractivity contribution < 1.29 is 14.3 Å². The molecule has 0 unspecified atom stereocenters. The van der Waals surface area contributed by atoms with E-state index in [9.17, 15) is 9.59 Å². The summed E-state index contributed by atoms with van der Waals surface area (Å²) < 4.78 is 5.27. The Kier molecular flexibility index (Phi) is 7.43. The van der Waals surface area contributed by atoms with E-state index in [0.717, 1.165) is 5.56 Å². The number of ether oxygens (including phenoxy) is 1. The van der Waals surface area contributed by atoms with Crippen LogP contribution in [0.2, 0.25) is 0 Å². The Bertz CT molecular complexity index is 727. The van der Waals surface area contributed by atoms with Crippen molar-refractivity contribution in [3.05, 3.63) is 72.3 Å². The molecular weight excluding hydrogens is 328 g/mol. The van der Waals surface area contributed by atoms with Gasteiger partial charge in [-0.15, -0.1) is 0 Å². The maximum absolute atomic E-state index is 12.3. The van der Waals surface area contributed by atoms with Gasteiger partial charge in [-0.1, -0.05) is 68.5 Å². The van der Waals surface area contributed by atoms with Crippen molar-refractivity contribution in [2.45, 2.75) is 19.9 Å². The summed E-state index contributed by atoms with van der Waals surface area (Å²) in [6.07, 6.45) is 3.65. The molecule has 2 aromatic carbocycles. The number of benzene rings is 2. The van der Waals surface area contributed by atoms with Crippen LogP contribution in [0.3, 0.4) is 0 Å². The Morgan fingerprint density at radius 2 is 1.62 bits per heavy atom. The quantitative estimate of drug-likeness (QED) is 0.738. The van der Waals surface area contributed by atoms with E-state index in [-0.39, 0.29) is 12.5 Å². The highest BCUT2D eigenvalue weighted by molar-refractivity contribution is 5.92. The topological polar surface area (TPSA) is 67.4 Å². The Hall–Kier alpha value is -3.08. The highest BCUT2D eigenvalue weighted by Crippen LogP contribution is 2.08. The third kappa shape index (κ3) is 6.43. The number of carbonyl (C=O) groups is 2. The molecule has 0 heterocycles. The van der Waals surface area contributed by atoms with Gasteiger partial charge in [-0.05, 0) is 29.7 Å². The van der Waals surface area contributed by atoms with E-state index in [4.69, 9.17) is 4.74 Å². The second-order valence-electron chi connectivity index (χ2n) is 6.13. The molecule has 0 fully saturated rings. The van der Waals surface area contributed by atoms with Crippen LogP contribution in [0.15, 0.2) is 66.7 Å². The minimum absolute atomic E-state index is 0.0953. The van der Waals surface area contributed by atoms with Crippen LogP contribution in [0.1, 0.15) is 19.4 Å². The van der Waals surface area contributed by atoms with Gasteiger partial charge in [-0.3, -0.25) is 0 Å². The second kappa shape index (κ2) is 10.0. The van der Waals surface area contributed by atoms with Gasteiger partial charge < -0.3 is 15.4 Å². The zero-order chi connectivity index (χ0) is 18.8. The molecule has 1 atom stereocenters. The first-order valence-electron chi connectivity index (χ1n) is 8.57. The van der Waals surface area contributed by atoms with Crippen LogP contribution < -0.4 is 10.6 Å². The first kappa shape index (κ1) is 19.2. The van der Waals surface area contributed by atoms with Crippen molar-refractivity contribution in [2.75, 3.05) is 11.9 Å². The van der Waals surface area contributed by atoms with Gasteiger partial charge in [-0.2, -0.15) is 0 Å². The first-order valence-corrected chi connectivity index (χ1v) is 8.57. The SMILES string of the molecule is CC(C)[C@H](NC(=O)Nc1ccccc1)C(=O)OC/C=C/c1ccccc1. The van der Waals surface area contributed by atoms with Crippen molar-refractivity contribution >= 4 is 23.8 Å². The molecule has 0 aliphatic carbocycles. The molecule has 2 aromatic rings. The number of rotatable bonds is 7. The fourth-order valence-electron chi connectivity index (χ4n) is 2.30. The minimum atomic E-state index is -0.719. The molecule has 2 amide bonds. The number of hydrogen-bond acceptors (Lipinski definition) is 3. The van der Waals surface area contributed by atoms with Crippen LogP contribution in [-0.4, -0.2) is 24.6 Å². The van der Waals surface area contributed by atoms with Gasteiger partial charge in [0, 0.05) is 5.69 Å². The number of amides is 2. The van der Waals surface area contributed by atoms with E-state index in [2.05, 4.69) is 10.6 Å². The van der Waals surface area contributed by atoms with E-state index < -0.39 is 18.0 Å². The van der Waals surface area contributed by atoms with Crippen LogP contribution in [0, 0.1) is 5.92 Å². The van der Waals surface area contributed by atoms with Crippen LogP contribution in [0.5, 0.6) is 0 Å². The summed E-state index contributed by atoms with van der Waals surface area (Å²) in [7, 11) is 0. The predicted molar refractivity (Wildman–Crippen MR) is 104 cm³/mol. The Morgan fingerprint density at radius 1 is 1.00 bits per heavy atom. The molecule has 0 saturated heterocycles. The lowest BCUT2D eigenvalue weighted by molar-refractivity contribution is -0.145. The minimum Gasteiger partial charge on any atom is -0.460 e. The molecule has 0 saturated carbocycles. The number of nitrogens with one attached hydrogen (secondary N) is 2. The molecule has 0 aromatic heterocycles. The van der Waals surface area contributed by atoms with Crippen LogP contribution in [0.25, 0.3) is 6.08 Å². The summed E-state index contributed by atoms with van der Waals surface area (Å²) in [4.78, 5) is 24.4. The Morgan fingerprint density at radius 3 is 2.23 bits per heavy atom. The van der Waals surface area contributed by atoms with E-state index >= 15 is 0 Å². The summed E-state index contributed by atoms with van der Waals surface area (Å²) in [5.41, 5.74) is 1.69. The number of hydrogen-bond donors (Lipinski definition) is 2. The maximum Gasteiger partial charge on any atom is 0.329 e. The third-order valence-corrected chi connectivity index (χ3v) is 3.67. The molecule has 0 spiro atoms. The average Bonchev–Trinajstić information content (AvgIpc) is 2.64. The standard InChI is InChI=1S/C21H24N2O3/c1-16(2)19(23-21(25)22-18-13-7-4-8-14-18)20(24)26-15-9-12-17-10-5-3-6-11-17/h3-14,16,19H,15H2,1-2H3,(H2,22,23,25)/b12-9+/t19-/m0/s1. The maximum atomic E-state index is 12.3. The molecule has 0 radical (unpaired) electrons. The van der Waals surface area contributed by atoms with Crippen molar-refractivity contribution in [1.29, 1.82) is 0 Å². The average molecular weight is 352 g/mol. The summed E-state index contributed by atoms with van der Waals surface area (Å²) in [5, 5.41) is 5.37. The molecule has 5 nitrogen and oxygen atoms in total. The number of esters is 1. The zero-order valence-corrected chi connectivity index (χ0v) is 15.0. The van der Waals surface area contributed by atoms with Crippen LogP contribution >= 0.6 is 0 Å². The summed E-state index contributed by atoms with van der Waals surface area (Å²) in [6.45, 7) is 3.86. The molecule has 136 valence electrons. The van der Waals surface area contributed by atoms with E-state index in [1.807, 2.05) is 68.5 Å². The highest BCUT2D eigenvalue weighted by Gasteiger charge is 2.25.